The van der Waals surface area contributed by atoms with Crippen molar-refractivity contribution < 1.29 is 8.42 Å². The molecule has 2 unspecified atom stereocenters. The van der Waals surface area contributed by atoms with Crippen LogP contribution in [0.5, 0.6) is 0 Å². The molecule has 2 atom stereocenters. The minimum atomic E-state index is -3.50. The molecule has 0 spiro atoms. The SMILES string of the molecule is CCC1CCC(C)N1S(=O)(=O)c1cc(CN)cc(C)c1Br. The van der Waals surface area contributed by atoms with Crippen LogP contribution in [0.1, 0.15) is 44.2 Å². The highest BCUT2D eigenvalue weighted by Gasteiger charge is 2.40. The smallest absolute Gasteiger partial charge is 0.244 e. The molecule has 1 aliphatic rings. The van der Waals surface area contributed by atoms with Crippen LogP contribution in [0.25, 0.3) is 0 Å². The lowest BCUT2D eigenvalue weighted by molar-refractivity contribution is 0.328. The average molecular weight is 375 g/mol. The van der Waals surface area contributed by atoms with Crippen LogP contribution in [-0.4, -0.2) is 24.8 Å². The van der Waals surface area contributed by atoms with E-state index in [4.69, 9.17) is 5.73 Å². The van der Waals surface area contributed by atoms with Crippen LogP contribution in [0, 0.1) is 6.92 Å². The molecular formula is C15H23BrN2O2S. The predicted octanol–water partition coefficient (Wildman–Crippen LogP) is 3.17. The Balaban J connectivity index is 2.56. The third-order valence-electron chi connectivity index (χ3n) is 4.26. The lowest BCUT2D eigenvalue weighted by Gasteiger charge is -2.28. The molecule has 1 saturated heterocycles. The maximum Gasteiger partial charge on any atom is 0.244 e. The first-order chi connectivity index (χ1) is 9.82. The molecule has 0 aliphatic carbocycles. The van der Waals surface area contributed by atoms with Crippen molar-refractivity contribution in [1.29, 1.82) is 0 Å². The standard InChI is InChI=1S/C15H23BrN2O2S/c1-4-13-6-5-11(3)18(13)21(19,20)14-8-12(9-17)7-10(2)15(14)16/h7-8,11,13H,4-6,9,17H2,1-3H3. The first-order valence-electron chi connectivity index (χ1n) is 7.35. The normalized spacial score (nSPS) is 23.7. The van der Waals surface area contributed by atoms with E-state index in [2.05, 4.69) is 15.9 Å². The third-order valence-corrected chi connectivity index (χ3v) is 7.66. The Bertz CT molecular complexity index is 631. The van der Waals surface area contributed by atoms with E-state index in [9.17, 15) is 8.42 Å². The molecule has 1 aromatic carbocycles. The Morgan fingerprint density at radius 2 is 2.05 bits per heavy atom. The second kappa shape index (κ2) is 6.36. The van der Waals surface area contributed by atoms with Gasteiger partial charge in [-0.25, -0.2) is 8.42 Å². The predicted molar refractivity (Wildman–Crippen MR) is 88.6 cm³/mol. The first kappa shape index (κ1) is 16.9. The molecule has 2 N–H and O–H groups in total. The summed E-state index contributed by atoms with van der Waals surface area (Å²) in [6, 6.07) is 3.77. The molecule has 0 bridgehead atoms. The van der Waals surface area contributed by atoms with Crippen molar-refractivity contribution in [2.45, 2.75) is 63.6 Å². The summed E-state index contributed by atoms with van der Waals surface area (Å²) in [5.41, 5.74) is 7.43. The second-order valence-corrected chi connectivity index (χ2v) is 8.36. The lowest BCUT2D eigenvalue weighted by Crippen LogP contribution is -2.39. The molecular weight excluding hydrogens is 352 g/mol. The Kier molecular flexibility index (Phi) is 5.13. The minimum absolute atomic E-state index is 0.0497. The molecule has 1 fully saturated rings. The van der Waals surface area contributed by atoms with Gasteiger partial charge in [-0.1, -0.05) is 13.0 Å². The number of aryl methyl sites for hydroxylation is 1. The van der Waals surface area contributed by atoms with Crippen LogP contribution in [0.15, 0.2) is 21.5 Å². The summed E-state index contributed by atoms with van der Waals surface area (Å²) in [6.45, 7) is 6.26. The minimum Gasteiger partial charge on any atom is -0.326 e. The summed E-state index contributed by atoms with van der Waals surface area (Å²) >= 11 is 3.44. The van der Waals surface area contributed by atoms with E-state index in [0.29, 0.717) is 15.9 Å². The van der Waals surface area contributed by atoms with Gasteiger partial charge in [0, 0.05) is 23.1 Å². The zero-order chi connectivity index (χ0) is 15.8. The van der Waals surface area contributed by atoms with E-state index in [-0.39, 0.29) is 12.1 Å². The summed E-state index contributed by atoms with van der Waals surface area (Å²) in [5.74, 6) is 0. The van der Waals surface area contributed by atoms with Crippen molar-refractivity contribution in [3.05, 3.63) is 27.7 Å². The van der Waals surface area contributed by atoms with Crippen LogP contribution < -0.4 is 5.73 Å². The summed E-state index contributed by atoms with van der Waals surface area (Å²) < 4.78 is 28.6. The zero-order valence-electron chi connectivity index (χ0n) is 12.8. The van der Waals surface area contributed by atoms with Crippen molar-refractivity contribution in [3.8, 4) is 0 Å². The fourth-order valence-electron chi connectivity index (χ4n) is 3.09. The number of nitrogens with zero attached hydrogens (tertiary/aromatic N) is 1. The van der Waals surface area contributed by atoms with Gasteiger partial charge < -0.3 is 5.73 Å². The molecule has 0 saturated carbocycles. The van der Waals surface area contributed by atoms with Gasteiger partial charge in [-0.2, -0.15) is 4.31 Å². The van der Waals surface area contributed by atoms with Gasteiger partial charge in [-0.05, 0) is 66.2 Å². The highest BCUT2D eigenvalue weighted by atomic mass is 79.9. The molecule has 0 radical (unpaired) electrons. The lowest BCUT2D eigenvalue weighted by atomic mass is 10.1. The Hall–Kier alpha value is -0.430. The second-order valence-electron chi connectivity index (χ2n) is 5.75. The molecule has 1 aromatic rings. The first-order valence-corrected chi connectivity index (χ1v) is 9.58. The molecule has 2 rings (SSSR count). The molecule has 6 heteroatoms. The Labute approximate surface area is 135 Å². The maximum absolute atomic E-state index is 13.1. The van der Waals surface area contributed by atoms with E-state index in [0.717, 1.165) is 30.4 Å². The van der Waals surface area contributed by atoms with Crippen molar-refractivity contribution in [2.75, 3.05) is 0 Å². The Morgan fingerprint density at radius 3 is 2.62 bits per heavy atom. The molecule has 21 heavy (non-hydrogen) atoms. The number of benzene rings is 1. The monoisotopic (exact) mass is 374 g/mol. The van der Waals surface area contributed by atoms with Gasteiger partial charge in [0.05, 0.1) is 4.90 Å². The molecule has 118 valence electrons. The van der Waals surface area contributed by atoms with Crippen LogP contribution in [-0.2, 0) is 16.6 Å². The number of hydrogen-bond donors (Lipinski definition) is 1. The van der Waals surface area contributed by atoms with Gasteiger partial charge >= 0.3 is 0 Å². The van der Waals surface area contributed by atoms with Gasteiger partial charge in [0.15, 0.2) is 0 Å². The van der Waals surface area contributed by atoms with Crippen molar-refractivity contribution in [2.24, 2.45) is 5.73 Å². The summed E-state index contributed by atoms with van der Waals surface area (Å²) in [7, 11) is -3.50. The van der Waals surface area contributed by atoms with E-state index in [1.807, 2.05) is 26.8 Å². The topological polar surface area (TPSA) is 63.4 Å². The number of halogens is 1. The van der Waals surface area contributed by atoms with E-state index >= 15 is 0 Å². The number of hydrogen-bond acceptors (Lipinski definition) is 3. The summed E-state index contributed by atoms with van der Waals surface area (Å²) in [4.78, 5) is 0.343. The van der Waals surface area contributed by atoms with Crippen LogP contribution in [0.4, 0.5) is 0 Å². The van der Waals surface area contributed by atoms with Gasteiger partial charge in [0.1, 0.15) is 0 Å². The van der Waals surface area contributed by atoms with Crippen molar-refractivity contribution >= 4 is 26.0 Å². The van der Waals surface area contributed by atoms with Crippen LogP contribution in [0.3, 0.4) is 0 Å². The fourth-order valence-corrected chi connectivity index (χ4v) is 6.08. The van der Waals surface area contributed by atoms with E-state index in [1.54, 1.807) is 10.4 Å². The Morgan fingerprint density at radius 1 is 1.38 bits per heavy atom. The largest absolute Gasteiger partial charge is 0.326 e. The van der Waals surface area contributed by atoms with Gasteiger partial charge in [0.2, 0.25) is 10.0 Å². The number of rotatable bonds is 4. The molecule has 0 aromatic heterocycles. The summed E-state index contributed by atoms with van der Waals surface area (Å²) in [5, 5.41) is 0. The van der Waals surface area contributed by atoms with E-state index in [1.165, 1.54) is 0 Å². The highest BCUT2D eigenvalue weighted by molar-refractivity contribution is 9.10. The zero-order valence-corrected chi connectivity index (χ0v) is 15.2. The van der Waals surface area contributed by atoms with Gasteiger partial charge in [-0.15, -0.1) is 0 Å². The van der Waals surface area contributed by atoms with Gasteiger partial charge in [-0.3, -0.25) is 0 Å². The van der Waals surface area contributed by atoms with Crippen molar-refractivity contribution in [1.82, 2.24) is 4.31 Å². The van der Waals surface area contributed by atoms with Crippen LogP contribution in [0.2, 0.25) is 0 Å². The van der Waals surface area contributed by atoms with Crippen molar-refractivity contribution in [3.63, 3.8) is 0 Å². The molecule has 1 aliphatic heterocycles. The molecule has 1 heterocycles. The number of nitrogens with two attached hydrogens (primary N) is 1. The molecule has 4 nitrogen and oxygen atoms in total. The van der Waals surface area contributed by atoms with Gasteiger partial charge in [0.25, 0.3) is 0 Å². The molecule has 0 amide bonds. The maximum atomic E-state index is 13.1. The fraction of sp³-hybridized carbons (Fsp3) is 0.600. The third kappa shape index (κ3) is 3.04. The number of sulfonamides is 1. The average Bonchev–Trinajstić information content (AvgIpc) is 2.83. The van der Waals surface area contributed by atoms with E-state index < -0.39 is 10.0 Å². The van der Waals surface area contributed by atoms with Crippen LogP contribution >= 0.6 is 15.9 Å². The highest BCUT2D eigenvalue weighted by Crippen LogP contribution is 2.36. The quantitative estimate of drug-likeness (QED) is 0.879. The summed E-state index contributed by atoms with van der Waals surface area (Å²) in [6.07, 6.45) is 2.70.